The first-order valence-corrected chi connectivity index (χ1v) is 12.9. The number of aliphatic hydroxyl groups excluding tert-OH is 1. The van der Waals surface area contributed by atoms with Gasteiger partial charge in [-0.1, -0.05) is 18.2 Å². The number of nitrogens with one attached hydrogen (secondary N) is 4. The van der Waals surface area contributed by atoms with E-state index in [2.05, 4.69) is 33.6 Å². The van der Waals surface area contributed by atoms with Gasteiger partial charge in [0, 0.05) is 29.3 Å². The molecule has 1 heterocycles. The number of carbonyl (C=O) groups excluding carboxylic acids is 3. The zero-order chi connectivity index (χ0) is 26.0. The molecule has 0 aliphatic rings. The maximum atomic E-state index is 13.1. The minimum Gasteiger partial charge on any atom is -0.480 e. The van der Waals surface area contributed by atoms with E-state index in [1.165, 1.54) is 11.8 Å². The number of amides is 3. The van der Waals surface area contributed by atoms with Crippen LogP contribution in [0.2, 0.25) is 0 Å². The predicted molar refractivity (Wildman–Crippen MR) is 137 cm³/mol. The molecule has 8 N–H and O–H groups in total. The van der Waals surface area contributed by atoms with Gasteiger partial charge in [0.05, 0.1) is 12.6 Å². The Morgan fingerprint density at radius 2 is 1.69 bits per heavy atom. The number of aromatic nitrogens is 1. The minimum atomic E-state index is -1.36. The average molecular weight is 526 g/mol. The van der Waals surface area contributed by atoms with Crippen LogP contribution in [0.25, 0.3) is 10.9 Å². The number of aromatic amines is 1. The second-order valence-corrected chi connectivity index (χ2v) is 9.19. The van der Waals surface area contributed by atoms with E-state index >= 15 is 0 Å². The number of carboxylic acid groups (broad SMARTS) is 1. The fourth-order valence-corrected chi connectivity index (χ4v) is 3.96. The van der Waals surface area contributed by atoms with Crippen molar-refractivity contribution in [3.05, 3.63) is 36.0 Å². The molecule has 0 aliphatic heterocycles. The predicted octanol–water partition coefficient (Wildman–Crippen LogP) is -0.748. The quantitative estimate of drug-likeness (QED) is 0.148. The highest BCUT2D eigenvalue weighted by atomic mass is 32.2. The Hall–Kier alpha value is -2.74. The van der Waals surface area contributed by atoms with Gasteiger partial charge in [0.2, 0.25) is 17.7 Å². The van der Waals surface area contributed by atoms with Crippen LogP contribution in [-0.4, -0.2) is 87.4 Å². The van der Waals surface area contributed by atoms with Gasteiger partial charge in [0.25, 0.3) is 0 Å². The molecule has 2 rings (SSSR count). The number of thiol groups is 1. The molecule has 1 aromatic heterocycles. The molecule has 0 aliphatic carbocycles. The molecule has 3 amide bonds. The molecule has 4 unspecified atom stereocenters. The van der Waals surface area contributed by atoms with Crippen molar-refractivity contribution in [3.8, 4) is 0 Å². The van der Waals surface area contributed by atoms with Crippen molar-refractivity contribution in [2.45, 2.75) is 37.0 Å². The van der Waals surface area contributed by atoms with Crippen molar-refractivity contribution in [1.82, 2.24) is 20.9 Å². The van der Waals surface area contributed by atoms with Crippen LogP contribution in [-0.2, 0) is 25.6 Å². The number of benzene rings is 1. The number of fused-ring (bicyclic) bond motifs is 1. The second-order valence-electron chi connectivity index (χ2n) is 7.84. The van der Waals surface area contributed by atoms with Crippen LogP contribution in [0, 0.1) is 0 Å². The molecule has 35 heavy (non-hydrogen) atoms. The molecule has 11 nitrogen and oxygen atoms in total. The summed E-state index contributed by atoms with van der Waals surface area (Å²) in [7, 11) is 0. The van der Waals surface area contributed by atoms with Crippen molar-refractivity contribution in [2.24, 2.45) is 5.73 Å². The van der Waals surface area contributed by atoms with Gasteiger partial charge < -0.3 is 36.9 Å². The number of para-hydroxylation sites is 1. The molecule has 192 valence electrons. The summed E-state index contributed by atoms with van der Waals surface area (Å²) in [5.74, 6) is -2.85. The maximum absolute atomic E-state index is 13.1. The number of H-pyrrole nitrogens is 1. The van der Waals surface area contributed by atoms with Gasteiger partial charge in [-0.05, 0) is 30.1 Å². The first-order valence-electron chi connectivity index (χ1n) is 10.9. The van der Waals surface area contributed by atoms with E-state index in [1.54, 1.807) is 6.20 Å². The van der Waals surface area contributed by atoms with Gasteiger partial charge in [-0.15, -0.1) is 0 Å². The fourth-order valence-electron chi connectivity index (χ4n) is 3.32. The number of hydrogen-bond donors (Lipinski definition) is 8. The molecule has 2 aromatic rings. The van der Waals surface area contributed by atoms with Crippen LogP contribution >= 0.6 is 24.4 Å². The Balaban J connectivity index is 2.26. The van der Waals surface area contributed by atoms with Crippen molar-refractivity contribution < 1.29 is 29.4 Å². The number of aliphatic hydroxyl groups is 1. The summed E-state index contributed by atoms with van der Waals surface area (Å²) in [6, 6.07) is 2.72. The third kappa shape index (κ3) is 8.16. The topological polar surface area (TPSA) is 187 Å². The molecular formula is C22H31N5O6S2. The van der Waals surface area contributed by atoms with E-state index in [1.807, 2.05) is 30.5 Å². The van der Waals surface area contributed by atoms with E-state index in [-0.39, 0.29) is 18.6 Å². The number of carboxylic acids is 1. The number of nitrogens with two attached hydrogens (primary N) is 1. The van der Waals surface area contributed by atoms with Crippen molar-refractivity contribution in [3.63, 3.8) is 0 Å². The summed E-state index contributed by atoms with van der Waals surface area (Å²) in [5.41, 5.74) is 7.16. The van der Waals surface area contributed by atoms with E-state index < -0.39 is 54.5 Å². The lowest BCUT2D eigenvalue weighted by Gasteiger charge is -2.24. The first kappa shape index (κ1) is 28.5. The number of thioether (sulfide) groups is 1. The van der Waals surface area contributed by atoms with E-state index in [4.69, 9.17) is 5.73 Å². The number of rotatable bonds is 14. The summed E-state index contributed by atoms with van der Waals surface area (Å²) in [6.45, 7) is -0.732. The Bertz CT molecular complexity index is 1030. The molecule has 13 heteroatoms. The molecule has 0 spiro atoms. The van der Waals surface area contributed by atoms with Gasteiger partial charge in [-0.25, -0.2) is 4.79 Å². The Morgan fingerprint density at radius 1 is 1.06 bits per heavy atom. The van der Waals surface area contributed by atoms with Gasteiger partial charge >= 0.3 is 5.97 Å². The SMILES string of the molecule is CSCCC(NC(=O)C(Cc1c[nH]c2ccccc12)NC(=O)C(CO)NC(=O)C(N)CS)C(=O)O. The van der Waals surface area contributed by atoms with Gasteiger partial charge in [0.1, 0.15) is 18.1 Å². The van der Waals surface area contributed by atoms with Crippen LogP contribution < -0.4 is 21.7 Å². The zero-order valence-corrected chi connectivity index (χ0v) is 20.9. The maximum Gasteiger partial charge on any atom is 0.326 e. The van der Waals surface area contributed by atoms with Crippen molar-refractivity contribution in [2.75, 3.05) is 24.4 Å². The highest BCUT2D eigenvalue weighted by Gasteiger charge is 2.30. The summed E-state index contributed by atoms with van der Waals surface area (Å²) in [6.07, 6.45) is 3.77. The summed E-state index contributed by atoms with van der Waals surface area (Å²) in [4.78, 5) is 52.8. The molecule has 0 saturated heterocycles. The molecule has 0 fully saturated rings. The lowest BCUT2D eigenvalue weighted by Crippen LogP contribution is -2.58. The summed E-state index contributed by atoms with van der Waals surface area (Å²) >= 11 is 5.38. The smallest absolute Gasteiger partial charge is 0.326 e. The summed E-state index contributed by atoms with van der Waals surface area (Å²) < 4.78 is 0. The van der Waals surface area contributed by atoms with Gasteiger partial charge in [-0.3, -0.25) is 14.4 Å². The molecular weight excluding hydrogens is 494 g/mol. The Labute approximate surface area is 212 Å². The largest absolute Gasteiger partial charge is 0.480 e. The molecule has 0 saturated carbocycles. The fraction of sp³-hybridized carbons (Fsp3) is 0.455. The molecule has 1 aromatic carbocycles. The van der Waals surface area contributed by atoms with Crippen LogP contribution in [0.4, 0.5) is 0 Å². The van der Waals surface area contributed by atoms with E-state index in [9.17, 15) is 29.4 Å². The van der Waals surface area contributed by atoms with Gasteiger partial charge in [0.15, 0.2) is 0 Å². The molecule has 0 radical (unpaired) electrons. The molecule has 4 atom stereocenters. The zero-order valence-electron chi connectivity index (χ0n) is 19.2. The first-order chi connectivity index (χ1) is 16.7. The lowest BCUT2D eigenvalue weighted by atomic mass is 10.0. The Morgan fingerprint density at radius 3 is 2.31 bits per heavy atom. The number of aliphatic carboxylic acids is 1. The average Bonchev–Trinajstić information content (AvgIpc) is 3.26. The number of carbonyl (C=O) groups is 4. The van der Waals surface area contributed by atoms with Crippen LogP contribution in [0.15, 0.2) is 30.5 Å². The standard InChI is InChI=1S/C22H31N5O6S2/c1-35-7-6-16(22(32)33)25-20(30)17(8-12-9-24-15-5-3-2-4-13(12)15)26-21(31)18(10-28)27-19(29)14(23)11-34/h2-5,9,14,16-18,24,28,34H,6-8,10-11,23H2,1H3,(H,25,30)(H,26,31)(H,27,29)(H,32,33). The minimum absolute atomic E-state index is 0.0316. The highest BCUT2D eigenvalue weighted by Crippen LogP contribution is 2.19. The third-order valence-corrected chi connectivity index (χ3v) is 6.34. The lowest BCUT2D eigenvalue weighted by molar-refractivity contribution is -0.142. The highest BCUT2D eigenvalue weighted by molar-refractivity contribution is 7.98. The Kier molecular flexibility index (Phi) is 11.4. The third-order valence-electron chi connectivity index (χ3n) is 5.31. The second kappa shape index (κ2) is 14.0. The normalized spacial score (nSPS) is 14.5. The number of hydrogen-bond acceptors (Lipinski definition) is 8. The van der Waals surface area contributed by atoms with Crippen LogP contribution in [0.5, 0.6) is 0 Å². The molecule has 0 bridgehead atoms. The van der Waals surface area contributed by atoms with Crippen molar-refractivity contribution in [1.29, 1.82) is 0 Å². The van der Waals surface area contributed by atoms with Gasteiger partial charge in [-0.2, -0.15) is 24.4 Å². The monoisotopic (exact) mass is 525 g/mol. The van der Waals surface area contributed by atoms with Crippen LogP contribution in [0.3, 0.4) is 0 Å². The van der Waals surface area contributed by atoms with E-state index in [0.717, 1.165) is 16.5 Å². The van der Waals surface area contributed by atoms with E-state index in [0.29, 0.717) is 5.75 Å². The van der Waals surface area contributed by atoms with Crippen LogP contribution in [0.1, 0.15) is 12.0 Å². The van der Waals surface area contributed by atoms with Crippen molar-refractivity contribution >= 4 is 59.0 Å². The summed E-state index contributed by atoms with van der Waals surface area (Å²) in [5, 5.41) is 27.3.